The molecule has 0 aliphatic carbocycles. The van der Waals surface area contributed by atoms with E-state index in [1.165, 1.54) is 6.07 Å². The van der Waals surface area contributed by atoms with Crippen LogP contribution in [0.2, 0.25) is 0 Å². The van der Waals surface area contributed by atoms with Gasteiger partial charge < -0.3 is 15.0 Å². The molecule has 1 aliphatic rings. The second kappa shape index (κ2) is 10.7. The fourth-order valence-electron chi connectivity index (χ4n) is 3.73. The van der Waals surface area contributed by atoms with Crippen LogP contribution in [0.25, 0.3) is 0 Å². The van der Waals surface area contributed by atoms with Crippen LogP contribution in [0.4, 0.5) is 19.0 Å². The van der Waals surface area contributed by atoms with Crippen molar-refractivity contribution in [2.75, 3.05) is 24.6 Å². The molecule has 1 N–H and O–H groups in total. The number of aryl methyl sites for hydroxylation is 2. The van der Waals surface area contributed by atoms with Crippen LogP contribution < -0.4 is 15.0 Å². The number of alkyl halides is 3. The van der Waals surface area contributed by atoms with Crippen LogP contribution in [0.15, 0.2) is 36.5 Å². The molecule has 2 heterocycles. The van der Waals surface area contributed by atoms with Gasteiger partial charge in [0.15, 0.2) is 0 Å². The van der Waals surface area contributed by atoms with Crippen LogP contribution in [0.1, 0.15) is 48.8 Å². The number of aromatic nitrogens is 1. The van der Waals surface area contributed by atoms with Crippen molar-refractivity contribution >= 4 is 11.7 Å². The first-order valence-corrected chi connectivity index (χ1v) is 11.0. The van der Waals surface area contributed by atoms with Crippen LogP contribution in [0.3, 0.4) is 0 Å². The number of unbranched alkanes of at least 4 members (excludes halogenated alkanes) is 1. The molecule has 0 saturated carbocycles. The Bertz CT molecular complexity index is 892. The molecule has 1 aromatic heterocycles. The predicted molar refractivity (Wildman–Crippen MR) is 118 cm³/mol. The van der Waals surface area contributed by atoms with Crippen molar-refractivity contribution < 1.29 is 22.7 Å². The summed E-state index contributed by atoms with van der Waals surface area (Å²) in [6.45, 7) is 5.92. The van der Waals surface area contributed by atoms with E-state index >= 15 is 0 Å². The molecule has 5 nitrogen and oxygen atoms in total. The summed E-state index contributed by atoms with van der Waals surface area (Å²) in [5.41, 5.74) is 1.51. The molecule has 0 bridgehead atoms. The van der Waals surface area contributed by atoms with Crippen LogP contribution in [0.5, 0.6) is 5.75 Å². The first-order valence-electron chi connectivity index (χ1n) is 11.0. The summed E-state index contributed by atoms with van der Waals surface area (Å²) in [4.78, 5) is 18.1. The normalized spacial score (nSPS) is 15.0. The molecule has 1 fully saturated rings. The number of amides is 1. The lowest BCUT2D eigenvalue weighted by Gasteiger charge is -2.33. The molecule has 2 aromatic rings. The number of rotatable bonds is 8. The van der Waals surface area contributed by atoms with E-state index in [0.717, 1.165) is 54.8 Å². The third-order valence-electron chi connectivity index (χ3n) is 5.66. The maximum absolute atomic E-state index is 12.7. The van der Waals surface area contributed by atoms with Crippen LogP contribution in [-0.4, -0.2) is 36.6 Å². The van der Waals surface area contributed by atoms with Gasteiger partial charge in [-0.15, -0.1) is 0 Å². The Balaban J connectivity index is 1.32. The highest BCUT2D eigenvalue weighted by molar-refractivity contribution is 5.76. The minimum Gasteiger partial charge on any atom is -0.493 e. The van der Waals surface area contributed by atoms with Crippen molar-refractivity contribution in [3.8, 4) is 5.75 Å². The molecule has 32 heavy (non-hydrogen) atoms. The zero-order valence-corrected chi connectivity index (χ0v) is 18.5. The fraction of sp³-hybridized carbons (Fsp3) is 0.500. The highest BCUT2D eigenvalue weighted by atomic mass is 19.4. The zero-order chi connectivity index (χ0) is 23.1. The maximum Gasteiger partial charge on any atom is 0.417 e. The number of piperidine rings is 1. The summed E-state index contributed by atoms with van der Waals surface area (Å²) in [6.07, 6.45) is -0.0172. The van der Waals surface area contributed by atoms with Gasteiger partial charge in [0, 0.05) is 31.7 Å². The quantitative estimate of drug-likeness (QED) is 0.573. The van der Waals surface area contributed by atoms with Gasteiger partial charge in [-0.1, -0.05) is 12.1 Å². The van der Waals surface area contributed by atoms with E-state index in [-0.39, 0.29) is 11.9 Å². The molecule has 1 amide bonds. The minimum atomic E-state index is -4.38. The molecule has 174 valence electrons. The van der Waals surface area contributed by atoms with Gasteiger partial charge in [-0.05, 0) is 68.9 Å². The SMILES string of the molecule is Cc1ccc(C)c(OCCCCC(=O)NC2CCN(c3ccc(C(F)(F)F)cn3)CC2)c1. The Morgan fingerprint density at radius 3 is 2.56 bits per heavy atom. The molecular formula is C24H30F3N3O2. The Morgan fingerprint density at radius 2 is 1.91 bits per heavy atom. The predicted octanol–water partition coefficient (Wildman–Crippen LogP) is 5.05. The molecule has 1 aliphatic heterocycles. The number of hydrogen-bond donors (Lipinski definition) is 1. The van der Waals surface area contributed by atoms with E-state index in [4.69, 9.17) is 4.74 Å². The maximum atomic E-state index is 12.7. The zero-order valence-electron chi connectivity index (χ0n) is 18.5. The van der Waals surface area contributed by atoms with Crippen molar-refractivity contribution in [3.05, 3.63) is 53.2 Å². The second-order valence-corrected chi connectivity index (χ2v) is 8.31. The summed E-state index contributed by atoms with van der Waals surface area (Å²) in [5.74, 6) is 1.46. The number of carbonyl (C=O) groups excluding carboxylic acids is 1. The number of nitrogens with zero attached hydrogens (tertiary/aromatic N) is 2. The fourth-order valence-corrected chi connectivity index (χ4v) is 3.73. The van der Waals surface area contributed by atoms with Gasteiger partial charge in [0.05, 0.1) is 12.2 Å². The van der Waals surface area contributed by atoms with E-state index in [0.29, 0.717) is 31.9 Å². The van der Waals surface area contributed by atoms with Gasteiger partial charge in [0.2, 0.25) is 5.91 Å². The number of carbonyl (C=O) groups is 1. The van der Waals surface area contributed by atoms with Crippen molar-refractivity contribution in [2.45, 2.75) is 58.2 Å². The summed E-state index contributed by atoms with van der Waals surface area (Å²) in [6, 6.07) is 8.66. The molecule has 0 unspecified atom stereocenters. The van der Waals surface area contributed by atoms with Crippen LogP contribution >= 0.6 is 0 Å². The van der Waals surface area contributed by atoms with Crippen LogP contribution in [-0.2, 0) is 11.0 Å². The average molecular weight is 450 g/mol. The van der Waals surface area contributed by atoms with Gasteiger partial charge in [-0.25, -0.2) is 4.98 Å². The Kier molecular flexibility index (Phi) is 7.99. The van der Waals surface area contributed by atoms with Crippen molar-refractivity contribution in [1.29, 1.82) is 0 Å². The summed E-state index contributed by atoms with van der Waals surface area (Å²) < 4.78 is 43.8. The average Bonchev–Trinajstić information content (AvgIpc) is 2.76. The van der Waals surface area contributed by atoms with Gasteiger partial charge in [-0.3, -0.25) is 4.79 Å². The van der Waals surface area contributed by atoms with Crippen LogP contribution in [0, 0.1) is 13.8 Å². The molecule has 3 rings (SSSR count). The van der Waals surface area contributed by atoms with Crippen molar-refractivity contribution in [1.82, 2.24) is 10.3 Å². The first-order chi connectivity index (χ1) is 15.2. The Hall–Kier alpha value is -2.77. The van der Waals surface area contributed by atoms with Gasteiger partial charge in [0.1, 0.15) is 11.6 Å². The highest BCUT2D eigenvalue weighted by Crippen LogP contribution is 2.29. The lowest BCUT2D eigenvalue weighted by Crippen LogP contribution is -2.44. The topological polar surface area (TPSA) is 54.5 Å². The summed E-state index contributed by atoms with van der Waals surface area (Å²) >= 11 is 0. The van der Waals surface area contributed by atoms with Crippen molar-refractivity contribution in [2.24, 2.45) is 0 Å². The first kappa shape index (κ1) is 23.9. The van der Waals surface area contributed by atoms with E-state index in [2.05, 4.69) is 16.4 Å². The third kappa shape index (κ3) is 6.87. The standard InChI is InChI=1S/C24H30F3N3O2/c1-17-6-7-18(2)21(15-17)32-14-4-3-5-23(31)29-20-10-12-30(13-11-20)22-9-8-19(16-28-22)24(25,26)27/h6-9,15-16,20H,3-5,10-14H2,1-2H3,(H,29,31). The largest absolute Gasteiger partial charge is 0.493 e. The van der Waals surface area contributed by atoms with E-state index in [9.17, 15) is 18.0 Å². The Labute approximate surface area is 187 Å². The second-order valence-electron chi connectivity index (χ2n) is 8.31. The van der Waals surface area contributed by atoms with E-state index in [1.54, 1.807) is 0 Å². The van der Waals surface area contributed by atoms with Gasteiger partial charge >= 0.3 is 6.18 Å². The number of benzene rings is 1. The van der Waals surface area contributed by atoms with Gasteiger partial charge in [-0.2, -0.15) is 13.2 Å². The number of hydrogen-bond acceptors (Lipinski definition) is 4. The minimum absolute atomic E-state index is 0.0304. The lowest BCUT2D eigenvalue weighted by atomic mass is 10.0. The summed E-state index contributed by atoms with van der Waals surface area (Å²) in [7, 11) is 0. The lowest BCUT2D eigenvalue weighted by molar-refractivity contribution is -0.137. The summed E-state index contributed by atoms with van der Waals surface area (Å²) in [5, 5.41) is 3.07. The number of nitrogens with one attached hydrogen (secondary N) is 1. The Morgan fingerprint density at radius 1 is 1.16 bits per heavy atom. The highest BCUT2D eigenvalue weighted by Gasteiger charge is 2.31. The smallest absolute Gasteiger partial charge is 0.417 e. The molecule has 0 radical (unpaired) electrons. The number of ether oxygens (including phenoxy) is 1. The monoisotopic (exact) mass is 449 g/mol. The van der Waals surface area contributed by atoms with E-state index in [1.807, 2.05) is 30.9 Å². The van der Waals surface area contributed by atoms with E-state index < -0.39 is 11.7 Å². The molecule has 8 heteroatoms. The number of halogens is 3. The number of anilines is 1. The molecule has 0 atom stereocenters. The molecular weight excluding hydrogens is 419 g/mol. The molecule has 1 saturated heterocycles. The molecule has 0 spiro atoms. The van der Waals surface area contributed by atoms with Gasteiger partial charge in [0.25, 0.3) is 0 Å². The third-order valence-corrected chi connectivity index (χ3v) is 5.66. The molecule has 1 aromatic carbocycles. The number of pyridine rings is 1. The van der Waals surface area contributed by atoms with Crippen molar-refractivity contribution in [3.63, 3.8) is 0 Å².